The first-order valence-corrected chi connectivity index (χ1v) is 15.9. The maximum absolute atomic E-state index is 13.0. The van der Waals surface area contributed by atoms with Crippen molar-refractivity contribution >= 4 is 66.2 Å². The first-order valence-electron chi connectivity index (χ1n) is 13.0. The molecule has 1 fully saturated rings. The number of hydrogen-bond acceptors (Lipinski definition) is 9. The molecule has 1 saturated heterocycles. The number of aromatic nitrogens is 1. The molecule has 11 nitrogen and oxygen atoms in total. The van der Waals surface area contributed by atoms with Crippen molar-refractivity contribution in [1.82, 2.24) is 20.1 Å². The number of nitrogens with zero attached hydrogens (tertiary/aromatic N) is 3. The molecule has 41 heavy (non-hydrogen) atoms. The Bertz CT molecular complexity index is 1550. The lowest BCUT2D eigenvalue weighted by atomic mass is 10.2. The molecule has 2 N–H and O–H groups in total. The van der Waals surface area contributed by atoms with Crippen LogP contribution in [0.1, 0.15) is 37.6 Å². The summed E-state index contributed by atoms with van der Waals surface area (Å²) < 4.78 is 32.1. The molecule has 0 radical (unpaired) electrons. The number of rotatable bonds is 7. The molecular weight excluding hydrogens is 590 g/mol. The van der Waals surface area contributed by atoms with E-state index in [0.717, 1.165) is 11.3 Å². The van der Waals surface area contributed by atoms with Crippen molar-refractivity contribution < 1.29 is 27.5 Å². The Morgan fingerprint density at radius 1 is 1.07 bits per heavy atom. The summed E-state index contributed by atoms with van der Waals surface area (Å²) in [6.45, 7) is 8.46. The van der Waals surface area contributed by atoms with E-state index < -0.39 is 27.4 Å². The van der Waals surface area contributed by atoms with Crippen molar-refractivity contribution in [2.45, 2.75) is 37.7 Å². The van der Waals surface area contributed by atoms with Gasteiger partial charge in [-0.15, -0.1) is 0 Å². The van der Waals surface area contributed by atoms with Gasteiger partial charge in [0.15, 0.2) is 15.0 Å². The average molecular weight is 622 g/mol. The second-order valence-corrected chi connectivity index (χ2v) is 14.1. The van der Waals surface area contributed by atoms with Gasteiger partial charge in [-0.05, 0) is 64.1 Å². The summed E-state index contributed by atoms with van der Waals surface area (Å²) >= 11 is 7.10. The fourth-order valence-corrected chi connectivity index (χ4v) is 6.69. The second-order valence-electron chi connectivity index (χ2n) is 10.5. The molecule has 3 aromatic rings. The number of benzene rings is 2. The van der Waals surface area contributed by atoms with Crippen LogP contribution in [0.5, 0.6) is 0 Å². The third kappa shape index (κ3) is 8.38. The molecule has 4 amide bonds. The highest BCUT2D eigenvalue weighted by Gasteiger charge is 2.26. The molecule has 0 saturated carbocycles. The SMILES string of the molecule is CC(C)(C)OC(=O)N1CCN(CCCS(=O)(=O)c2ccc3nc(NC(=O)NC(=O)c4ccccc4Cl)sc3c2)CC1. The van der Waals surface area contributed by atoms with E-state index in [9.17, 15) is 22.8 Å². The maximum Gasteiger partial charge on any atom is 0.410 e. The van der Waals surface area contributed by atoms with Crippen LogP contribution in [-0.2, 0) is 14.6 Å². The summed E-state index contributed by atoms with van der Waals surface area (Å²) in [5, 5.41) is 5.14. The van der Waals surface area contributed by atoms with Crippen molar-refractivity contribution in [2.75, 3.05) is 43.8 Å². The van der Waals surface area contributed by atoms with Gasteiger partial charge in [-0.25, -0.2) is 23.0 Å². The molecule has 0 unspecified atom stereocenters. The highest BCUT2D eigenvalue weighted by molar-refractivity contribution is 7.91. The summed E-state index contributed by atoms with van der Waals surface area (Å²) in [7, 11) is -3.55. The Labute approximate surface area is 247 Å². The summed E-state index contributed by atoms with van der Waals surface area (Å²) in [6.07, 6.45) is 0.116. The number of hydrogen-bond donors (Lipinski definition) is 2. The number of urea groups is 1. The lowest BCUT2D eigenvalue weighted by Crippen LogP contribution is -2.50. The first kappa shape index (κ1) is 30.7. The Balaban J connectivity index is 1.28. The van der Waals surface area contributed by atoms with Gasteiger partial charge in [0.05, 0.1) is 31.5 Å². The zero-order valence-electron chi connectivity index (χ0n) is 23.0. The minimum atomic E-state index is -3.55. The summed E-state index contributed by atoms with van der Waals surface area (Å²) in [5.41, 5.74) is 0.131. The number of piperazine rings is 1. The standard InChI is InChI=1S/C27H32ClN5O6S2/c1-27(2,3)39-26(36)33-14-12-32(13-15-33)11-6-16-41(37,38)18-9-10-21-22(17-18)40-25(29-21)31-24(35)30-23(34)19-7-4-5-8-20(19)28/h4-5,7-10,17H,6,11-16H2,1-3H3,(H2,29,30,31,34,35). The molecule has 0 atom stereocenters. The van der Waals surface area contributed by atoms with E-state index in [4.69, 9.17) is 16.3 Å². The molecule has 2 aromatic carbocycles. The lowest BCUT2D eigenvalue weighted by molar-refractivity contribution is 0.0145. The maximum atomic E-state index is 13.0. The molecule has 220 valence electrons. The molecular formula is C27H32ClN5O6S2. The van der Waals surface area contributed by atoms with E-state index >= 15 is 0 Å². The van der Waals surface area contributed by atoms with Crippen molar-refractivity contribution in [3.8, 4) is 0 Å². The number of ether oxygens (including phenoxy) is 1. The predicted molar refractivity (Wildman–Crippen MR) is 158 cm³/mol. The van der Waals surface area contributed by atoms with Gasteiger partial charge in [-0.1, -0.05) is 35.1 Å². The Hall–Kier alpha value is -3.26. The van der Waals surface area contributed by atoms with Gasteiger partial charge < -0.3 is 9.64 Å². The fourth-order valence-electron chi connectivity index (χ4n) is 4.17. The number of amides is 4. The van der Waals surface area contributed by atoms with Crippen LogP contribution >= 0.6 is 22.9 Å². The summed E-state index contributed by atoms with van der Waals surface area (Å²) in [6, 6.07) is 10.2. The van der Waals surface area contributed by atoms with E-state index in [0.29, 0.717) is 49.4 Å². The molecule has 2 heterocycles. The van der Waals surface area contributed by atoms with Crippen LogP contribution in [0.2, 0.25) is 5.02 Å². The van der Waals surface area contributed by atoms with E-state index in [1.807, 2.05) is 20.8 Å². The molecule has 14 heteroatoms. The van der Waals surface area contributed by atoms with Crippen molar-refractivity contribution in [3.05, 3.63) is 53.1 Å². The number of halogens is 1. The van der Waals surface area contributed by atoms with Crippen LogP contribution < -0.4 is 10.6 Å². The zero-order chi connectivity index (χ0) is 29.8. The molecule has 1 aliphatic rings. The van der Waals surface area contributed by atoms with Gasteiger partial charge in [0, 0.05) is 26.2 Å². The van der Waals surface area contributed by atoms with Crippen LogP contribution in [0.25, 0.3) is 10.2 Å². The van der Waals surface area contributed by atoms with Crippen LogP contribution in [0.3, 0.4) is 0 Å². The fraction of sp³-hybridized carbons (Fsp3) is 0.407. The lowest BCUT2D eigenvalue weighted by Gasteiger charge is -2.35. The molecule has 0 aliphatic carbocycles. The molecule has 1 aromatic heterocycles. The Kier molecular flexibility index (Phi) is 9.52. The van der Waals surface area contributed by atoms with Crippen LogP contribution in [-0.4, -0.2) is 85.3 Å². The highest BCUT2D eigenvalue weighted by Crippen LogP contribution is 2.29. The molecule has 4 rings (SSSR count). The number of fused-ring (bicyclic) bond motifs is 1. The third-order valence-corrected chi connectivity index (χ3v) is 9.26. The summed E-state index contributed by atoms with van der Waals surface area (Å²) in [5.74, 6) is -0.686. The normalized spacial score (nSPS) is 14.6. The largest absolute Gasteiger partial charge is 0.444 e. The zero-order valence-corrected chi connectivity index (χ0v) is 25.4. The first-order chi connectivity index (χ1) is 19.3. The van der Waals surface area contributed by atoms with Crippen molar-refractivity contribution in [2.24, 2.45) is 0 Å². The third-order valence-electron chi connectivity index (χ3n) is 6.20. The van der Waals surface area contributed by atoms with Crippen LogP contribution in [0.4, 0.5) is 14.7 Å². The average Bonchev–Trinajstić information content (AvgIpc) is 3.29. The molecule has 0 spiro atoms. The van der Waals surface area contributed by atoms with E-state index in [1.54, 1.807) is 35.2 Å². The van der Waals surface area contributed by atoms with Crippen LogP contribution in [0, 0.1) is 0 Å². The van der Waals surface area contributed by atoms with Crippen LogP contribution in [0.15, 0.2) is 47.4 Å². The van der Waals surface area contributed by atoms with Gasteiger partial charge in [0.25, 0.3) is 5.91 Å². The van der Waals surface area contributed by atoms with Gasteiger partial charge in [-0.3, -0.25) is 20.3 Å². The van der Waals surface area contributed by atoms with E-state index in [-0.39, 0.29) is 32.5 Å². The number of carbonyl (C=O) groups is 3. The number of carbonyl (C=O) groups excluding carboxylic acids is 3. The van der Waals surface area contributed by atoms with Gasteiger partial charge >= 0.3 is 12.1 Å². The van der Waals surface area contributed by atoms with Gasteiger partial charge in [0.1, 0.15) is 5.60 Å². The molecule has 0 bridgehead atoms. The smallest absolute Gasteiger partial charge is 0.410 e. The number of imide groups is 1. The quantitative estimate of drug-likeness (QED) is 0.390. The van der Waals surface area contributed by atoms with Gasteiger partial charge in [-0.2, -0.15) is 0 Å². The monoisotopic (exact) mass is 621 g/mol. The number of anilines is 1. The minimum absolute atomic E-state index is 0.0265. The number of thiazole rings is 1. The Morgan fingerprint density at radius 2 is 1.78 bits per heavy atom. The van der Waals surface area contributed by atoms with E-state index in [2.05, 4.69) is 20.5 Å². The van der Waals surface area contributed by atoms with E-state index in [1.165, 1.54) is 12.1 Å². The molecule has 1 aliphatic heterocycles. The summed E-state index contributed by atoms with van der Waals surface area (Å²) in [4.78, 5) is 45.2. The Morgan fingerprint density at radius 3 is 2.46 bits per heavy atom. The van der Waals surface area contributed by atoms with Gasteiger partial charge in [0.2, 0.25) is 0 Å². The topological polar surface area (TPSA) is 138 Å². The second kappa shape index (κ2) is 12.7. The van der Waals surface area contributed by atoms with Crippen molar-refractivity contribution in [1.29, 1.82) is 0 Å². The van der Waals surface area contributed by atoms with Crippen molar-refractivity contribution in [3.63, 3.8) is 0 Å². The minimum Gasteiger partial charge on any atom is -0.444 e. The highest BCUT2D eigenvalue weighted by atomic mass is 35.5. The predicted octanol–water partition coefficient (Wildman–Crippen LogP) is 4.63. The number of sulfone groups is 1. The number of nitrogens with one attached hydrogen (secondary N) is 2.